The summed E-state index contributed by atoms with van der Waals surface area (Å²) in [5.41, 5.74) is -2.08. The predicted molar refractivity (Wildman–Crippen MR) is 106 cm³/mol. The largest absolute Gasteiger partial charge is 0.436 e. The minimum Gasteiger partial charge on any atom is -0.436 e. The fourth-order valence-corrected chi connectivity index (χ4v) is 3.71. The first-order chi connectivity index (χ1) is 14.8. The van der Waals surface area contributed by atoms with E-state index in [1.54, 1.807) is 6.07 Å². The number of oxazole rings is 1. The number of fused-ring (bicyclic) bond motifs is 2. The second-order valence-corrected chi connectivity index (χ2v) is 7.19. The molecule has 1 aliphatic rings. The second-order valence-electron chi connectivity index (χ2n) is 7.19. The molecule has 0 spiro atoms. The summed E-state index contributed by atoms with van der Waals surface area (Å²) < 4.78 is 65.2. The van der Waals surface area contributed by atoms with Crippen molar-refractivity contribution in [1.82, 2.24) is 10.3 Å². The van der Waals surface area contributed by atoms with Gasteiger partial charge in [0.05, 0.1) is 10.9 Å². The van der Waals surface area contributed by atoms with Gasteiger partial charge >= 0.3 is 11.8 Å². The van der Waals surface area contributed by atoms with Crippen molar-refractivity contribution >= 4 is 27.8 Å². The highest BCUT2D eigenvalue weighted by Gasteiger charge is 2.34. The van der Waals surface area contributed by atoms with Gasteiger partial charge in [-0.15, -0.1) is 0 Å². The molecule has 0 saturated carbocycles. The summed E-state index contributed by atoms with van der Waals surface area (Å²) in [6, 6.07) is 7.46. The molecule has 1 N–H and O–H groups in total. The number of hydrogen-bond acceptors (Lipinski definition) is 6. The van der Waals surface area contributed by atoms with Crippen molar-refractivity contribution in [2.24, 2.45) is 0 Å². The van der Waals surface area contributed by atoms with E-state index >= 15 is 0 Å². The van der Waals surface area contributed by atoms with Crippen molar-refractivity contribution in [2.75, 3.05) is 31.1 Å². The van der Waals surface area contributed by atoms with Crippen molar-refractivity contribution in [3.63, 3.8) is 0 Å². The van der Waals surface area contributed by atoms with Gasteiger partial charge in [-0.25, -0.2) is 14.2 Å². The highest BCUT2D eigenvalue weighted by molar-refractivity contribution is 5.86. The lowest BCUT2D eigenvalue weighted by Gasteiger charge is -2.29. The van der Waals surface area contributed by atoms with Gasteiger partial charge in [-0.05, 0) is 24.3 Å². The summed E-state index contributed by atoms with van der Waals surface area (Å²) >= 11 is 0. The van der Waals surface area contributed by atoms with E-state index in [4.69, 9.17) is 8.83 Å². The van der Waals surface area contributed by atoms with Gasteiger partial charge in [-0.3, -0.25) is 0 Å². The summed E-state index contributed by atoms with van der Waals surface area (Å²) in [6.45, 7) is 2.86. The number of alkyl halides is 3. The first kappa shape index (κ1) is 19.6. The van der Waals surface area contributed by atoms with Crippen molar-refractivity contribution in [3.05, 3.63) is 58.2 Å². The van der Waals surface area contributed by atoms with Crippen LogP contribution >= 0.6 is 0 Å². The Labute approximate surface area is 172 Å². The SMILES string of the molecule is O=c1oc2cc(N3CCNCC3)cc(F)c2cc1-c1nc2c(C(F)(F)F)cccc2o1. The summed E-state index contributed by atoms with van der Waals surface area (Å²) in [5.74, 6) is -0.990. The number of aromatic nitrogens is 1. The highest BCUT2D eigenvalue weighted by atomic mass is 19.4. The lowest BCUT2D eigenvalue weighted by atomic mass is 10.1. The Kier molecular flexibility index (Phi) is 4.47. The third kappa shape index (κ3) is 3.42. The van der Waals surface area contributed by atoms with Crippen molar-refractivity contribution in [1.29, 1.82) is 0 Å². The van der Waals surface area contributed by atoms with Gasteiger partial charge in [0.1, 0.15) is 22.5 Å². The van der Waals surface area contributed by atoms with Crippen molar-refractivity contribution in [3.8, 4) is 11.5 Å². The molecular weight excluding hydrogens is 418 g/mol. The topological polar surface area (TPSA) is 71.5 Å². The van der Waals surface area contributed by atoms with Gasteiger partial charge in [0.15, 0.2) is 5.58 Å². The predicted octanol–water partition coefficient (Wildman–Crippen LogP) is 4.17. The molecule has 0 radical (unpaired) electrons. The first-order valence-corrected chi connectivity index (χ1v) is 9.51. The Morgan fingerprint density at radius 2 is 1.81 bits per heavy atom. The molecule has 4 aromatic rings. The molecule has 2 aromatic carbocycles. The molecule has 1 fully saturated rings. The van der Waals surface area contributed by atoms with Crippen molar-refractivity contribution < 1.29 is 26.4 Å². The summed E-state index contributed by atoms with van der Waals surface area (Å²) in [7, 11) is 0. The van der Waals surface area contributed by atoms with Crippen LogP contribution in [0.4, 0.5) is 23.2 Å². The molecule has 6 nitrogen and oxygen atoms in total. The van der Waals surface area contributed by atoms with Gasteiger partial charge in [0, 0.05) is 37.9 Å². The van der Waals surface area contributed by atoms with Gasteiger partial charge in [-0.2, -0.15) is 13.2 Å². The number of benzene rings is 2. The highest BCUT2D eigenvalue weighted by Crippen LogP contribution is 2.36. The Hall–Kier alpha value is -3.40. The minimum absolute atomic E-state index is 0.00628. The Morgan fingerprint density at radius 3 is 2.55 bits per heavy atom. The number of nitrogens with one attached hydrogen (secondary N) is 1. The number of anilines is 1. The molecule has 31 heavy (non-hydrogen) atoms. The quantitative estimate of drug-likeness (QED) is 0.378. The number of halogens is 4. The van der Waals surface area contributed by atoms with E-state index in [0.29, 0.717) is 18.8 Å². The van der Waals surface area contributed by atoms with Crippen LogP contribution in [-0.4, -0.2) is 31.2 Å². The van der Waals surface area contributed by atoms with Crippen LogP contribution in [0, 0.1) is 5.82 Å². The maximum absolute atomic E-state index is 14.8. The molecule has 160 valence electrons. The zero-order valence-corrected chi connectivity index (χ0v) is 15.9. The average Bonchev–Trinajstić information content (AvgIpc) is 3.17. The smallest absolute Gasteiger partial charge is 0.418 e. The normalized spacial score (nSPS) is 15.2. The summed E-state index contributed by atoms with van der Waals surface area (Å²) in [5, 5.41) is 3.20. The third-order valence-corrected chi connectivity index (χ3v) is 5.22. The fraction of sp³-hybridized carbons (Fsp3) is 0.238. The Morgan fingerprint density at radius 1 is 1.03 bits per heavy atom. The van der Waals surface area contributed by atoms with E-state index in [1.807, 2.05) is 4.90 Å². The van der Waals surface area contributed by atoms with Crippen LogP contribution in [-0.2, 0) is 6.18 Å². The van der Waals surface area contributed by atoms with E-state index in [-0.39, 0.29) is 28.0 Å². The molecule has 0 amide bonds. The number of nitrogens with zero attached hydrogens (tertiary/aromatic N) is 2. The standard InChI is InChI=1S/C21H15F4N3O3/c22-15-8-11(28-6-4-26-5-7-28)9-17-12(15)10-13(20(29)31-17)19-27-18-14(21(23,24)25)2-1-3-16(18)30-19/h1-3,8-10,26H,4-7H2. The first-order valence-electron chi connectivity index (χ1n) is 9.51. The van der Waals surface area contributed by atoms with Crippen LogP contribution < -0.4 is 15.8 Å². The minimum atomic E-state index is -4.64. The fourth-order valence-electron chi connectivity index (χ4n) is 3.71. The average molecular weight is 433 g/mol. The molecule has 0 atom stereocenters. The van der Waals surface area contributed by atoms with E-state index in [0.717, 1.165) is 19.2 Å². The van der Waals surface area contributed by atoms with Crippen LogP contribution in [0.25, 0.3) is 33.5 Å². The molecule has 1 saturated heterocycles. The zero-order valence-electron chi connectivity index (χ0n) is 15.9. The van der Waals surface area contributed by atoms with Crippen LogP contribution in [0.15, 0.2) is 50.0 Å². The molecule has 5 rings (SSSR count). The van der Waals surface area contributed by atoms with E-state index in [2.05, 4.69) is 10.3 Å². The van der Waals surface area contributed by atoms with E-state index in [1.165, 1.54) is 24.3 Å². The molecule has 0 unspecified atom stereocenters. The Bertz CT molecular complexity index is 1350. The lowest BCUT2D eigenvalue weighted by Crippen LogP contribution is -2.43. The van der Waals surface area contributed by atoms with Crippen molar-refractivity contribution in [2.45, 2.75) is 6.18 Å². The summed E-state index contributed by atoms with van der Waals surface area (Å²) in [4.78, 5) is 18.4. The second kappa shape index (κ2) is 7.09. The van der Waals surface area contributed by atoms with Crippen LogP contribution in [0.1, 0.15) is 5.56 Å². The number of rotatable bonds is 2. The lowest BCUT2D eigenvalue weighted by molar-refractivity contribution is -0.136. The molecular formula is C21H15F4N3O3. The summed E-state index contributed by atoms with van der Waals surface area (Å²) in [6.07, 6.45) is -4.64. The maximum atomic E-state index is 14.8. The number of para-hydroxylation sites is 1. The van der Waals surface area contributed by atoms with Gasteiger partial charge < -0.3 is 19.1 Å². The molecule has 1 aliphatic heterocycles. The number of piperazine rings is 1. The van der Waals surface area contributed by atoms with Gasteiger partial charge in [-0.1, -0.05) is 6.07 Å². The van der Waals surface area contributed by atoms with Crippen LogP contribution in [0.3, 0.4) is 0 Å². The van der Waals surface area contributed by atoms with Gasteiger partial charge in [0.25, 0.3) is 0 Å². The molecule has 10 heteroatoms. The molecule has 2 aromatic heterocycles. The van der Waals surface area contributed by atoms with E-state index < -0.39 is 28.7 Å². The maximum Gasteiger partial charge on any atom is 0.418 e. The van der Waals surface area contributed by atoms with Crippen LogP contribution in [0.5, 0.6) is 0 Å². The zero-order chi connectivity index (χ0) is 21.8. The monoisotopic (exact) mass is 433 g/mol. The van der Waals surface area contributed by atoms with E-state index in [9.17, 15) is 22.4 Å². The third-order valence-electron chi connectivity index (χ3n) is 5.22. The number of hydrogen-bond donors (Lipinski definition) is 1. The van der Waals surface area contributed by atoms with Crippen LogP contribution in [0.2, 0.25) is 0 Å². The van der Waals surface area contributed by atoms with Gasteiger partial charge in [0.2, 0.25) is 5.89 Å². The molecule has 0 aliphatic carbocycles. The molecule has 3 heterocycles. The Balaban J connectivity index is 1.63. The molecule has 0 bridgehead atoms.